The fourth-order valence-corrected chi connectivity index (χ4v) is 1.22. The Morgan fingerprint density at radius 3 is 3.00 bits per heavy atom. The maximum atomic E-state index is 10.7. The Hall–Kier alpha value is -1.62. The molecule has 0 aliphatic carbocycles. The molecule has 0 unspecified atom stereocenters. The van der Waals surface area contributed by atoms with Crippen molar-refractivity contribution in [1.29, 1.82) is 0 Å². The fraction of sp³-hybridized carbons (Fsp3) is 0.222. The molecular formula is C9H9ClN2O3. The zero-order valence-electron chi connectivity index (χ0n) is 8.07. The fourth-order valence-electron chi connectivity index (χ4n) is 0.975. The van der Waals surface area contributed by atoms with Crippen LogP contribution in [0.2, 0.25) is 5.15 Å². The lowest BCUT2D eigenvalue weighted by Crippen LogP contribution is -1.99. The van der Waals surface area contributed by atoms with Crippen LogP contribution < -0.4 is 0 Å². The molecule has 0 aromatic carbocycles. The molecule has 0 fully saturated rings. The van der Waals surface area contributed by atoms with Crippen molar-refractivity contribution in [3.63, 3.8) is 0 Å². The first-order valence-electron chi connectivity index (χ1n) is 4.08. The third-order valence-corrected chi connectivity index (χ3v) is 1.90. The van der Waals surface area contributed by atoms with E-state index in [1.807, 2.05) is 0 Å². The van der Waals surface area contributed by atoms with Crippen molar-refractivity contribution in [2.45, 2.75) is 13.5 Å². The van der Waals surface area contributed by atoms with E-state index in [0.717, 1.165) is 0 Å². The molecule has 0 amide bonds. The summed E-state index contributed by atoms with van der Waals surface area (Å²) in [6, 6.07) is 1.49. The molecule has 0 saturated carbocycles. The number of pyridine rings is 1. The van der Waals surface area contributed by atoms with E-state index in [2.05, 4.69) is 11.6 Å². The summed E-state index contributed by atoms with van der Waals surface area (Å²) in [6.45, 7) is 5.25. The highest BCUT2D eigenvalue weighted by Gasteiger charge is 2.19. The van der Waals surface area contributed by atoms with Gasteiger partial charge in [0.05, 0.1) is 16.2 Å². The van der Waals surface area contributed by atoms with Gasteiger partial charge in [-0.2, -0.15) is 0 Å². The number of ether oxygens (including phenoxy) is 1. The lowest BCUT2D eigenvalue weighted by atomic mass is 10.2. The smallest absolute Gasteiger partial charge is 0.313 e. The first-order chi connectivity index (χ1) is 7.02. The number of nitrogens with zero attached hydrogens (tertiary/aromatic N) is 2. The molecule has 1 aromatic heterocycles. The topological polar surface area (TPSA) is 65.3 Å². The van der Waals surface area contributed by atoms with Crippen molar-refractivity contribution in [3.8, 4) is 0 Å². The maximum Gasteiger partial charge on any atom is 0.313 e. The summed E-state index contributed by atoms with van der Waals surface area (Å²) in [5, 5.41) is 10.6. The first kappa shape index (κ1) is 11.5. The predicted octanol–water partition coefficient (Wildman–Crippen LogP) is 2.69. The average Bonchev–Trinajstić information content (AvgIpc) is 2.13. The summed E-state index contributed by atoms with van der Waals surface area (Å²) >= 11 is 5.61. The minimum atomic E-state index is -0.577. The highest BCUT2D eigenvalue weighted by atomic mass is 35.5. The van der Waals surface area contributed by atoms with Crippen LogP contribution in [0.4, 0.5) is 5.69 Å². The van der Waals surface area contributed by atoms with Gasteiger partial charge in [0, 0.05) is 6.20 Å². The van der Waals surface area contributed by atoms with Crippen LogP contribution in [0.25, 0.3) is 0 Å². The summed E-state index contributed by atoms with van der Waals surface area (Å²) < 4.78 is 5.09. The highest BCUT2D eigenvalue weighted by molar-refractivity contribution is 6.31. The summed E-state index contributed by atoms with van der Waals surface area (Å²) in [4.78, 5) is 13.7. The molecule has 1 aromatic rings. The minimum Gasteiger partial charge on any atom is -0.494 e. The Bertz CT molecular complexity index is 406. The summed E-state index contributed by atoms with van der Waals surface area (Å²) in [6.07, 6.45) is 1.40. The van der Waals surface area contributed by atoms with Gasteiger partial charge in [0.25, 0.3) is 0 Å². The normalized spacial score (nSPS) is 9.73. The molecule has 15 heavy (non-hydrogen) atoms. The summed E-state index contributed by atoms with van der Waals surface area (Å²) in [7, 11) is 0. The standard InChI is InChI=1S/C9H9ClN2O3/c1-6(2)15-5-7-3-4-11-9(10)8(7)12(13)14/h3-4H,1,5H2,2H3. The molecule has 0 aliphatic heterocycles. The van der Waals surface area contributed by atoms with Crippen LogP contribution >= 0.6 is 11.6 Å². The second-order valence-corrected chi connectivity index (χ2v) is 3.22. The third-order valence-electron chi connectivity index (χ3n) is 1.62. The molecule has 1 rings (SSSR count). The molecule has 80 valence electrons. The van der Waals surface area contributed by atoms with Gasteiger partial charge >= 0.3 is 5.69 Å². The van der Waals surface area contributed by atoms with Crippen molar-refractivity contribution in [3.05, 3.63) is 45.4 Å². The van der Waals surface area contributed by atoms with Gasteiger partial charge in [-0.3, -0.25) is 10.1 Å². The van der Waals surface area contributed by atoms with E-state index in [1.54, 1.807) is 6.92 Å². The quantitative estimate of drug-likeness (QED) is 0.344. The molecule has 1 heterocycles. The lowest BCUT2D eigenvalue weighted by molar-refractivity contribution is -0.386. The van der Waals surface area contributed by atoms with Gasteiger partial charge < -0.3 is 4.74 Å². The van der Waals surface area contributed by atoms with Crippen molar-refractivity contribution in [1.82, 2.24) is 4.98 Å². The number of nitro groups is 1. The maximum absolute atomic E-state index is 10.7. The first-order valence-corrected chi connectivity index (χ1v) is 4.46. The molecule has 0 spiro atoms. The zero-order valence-corrected chi connectivity index (χ0v) is 8.82. The molecule has 0 atom stereocenters. The van der Waals surface area contributed by atoms with Gasteiger partial charge in [0.15, 0.2) is 0 Å². The van der Waals surface area contributed by atoms with Gasteiger partial charge in [-0.25, -0.2) is 4.98 Å². The largest absolute Gasteiger partial charge is 0.494 e. The molecular weight excluding hydrogens is 220 g/mol. The molecule has 5 nitrogen and oxygen atoms in total. The Morgan fingerprint density at radius 1 is 1.80 bits per heavy atom. The van der Waals surface area contributed by atoms with Crippen LogP contribution in [0.15, 0.2) is 24.6 Å². The lowest BCUT2D eigenvalue weighted by Gasteiger charge is -2.05. The van der Waals surface area contributed by atoms with Gasteiger partial charge in [0.1, 0.15) is 6.61 Å². The molecule has 0 saturated heterocycles. The van der Waals surface area contributed by atoms with Crippen LogP contribution in [0.3, 0.4) is 0 Å². The Morgan fingerprint density at radius 2 is 2.47 bits per heavy atom. The summed E-state index contributed by atoms with van der Waals surface area (Å²) in [5.74, 6) is 0.484. The predicted molar refractivity (Wildman–Crippen MR) is 55.5 cm³/mol. The van der Waals surface area contributed by atoms with Gasteiger partial charge in [-0.1, -0.05) is 18.2 Å². The third kappa shape index (κ3) is 2.92. The van der Waals surface area contributed by atoms with Crippen LogP contribution in [0, 0.1) is 10.1 Å². The molecule has 6 heteroatoms. The number of allylic oxidation sites excluding steroid dienone is 1. The average molecular weight is 229 g/mol. The van der Waals surface area contributed by atoms with E-state index in [9.17, 15) is 10.1 Å². The van der Waals surface area contributed by atoms with Gasteiger partial charge in [-0.15, -0.1) is 0 Å². The van der Waals surface area contributed by atoms with Crippen LogP contribution in [0.5, 0.6) is 0 Å². The van der Waals surface area contributed by atoms with Crippen LogP contribution in [0.1, 0.15) is 12.5 Å². The zero-order chi connectivity index (χ0) is 11.4. The second-order valence-electron chi connectivity index (χ2n) is 2.86. The summed E-state index contributed by atoms with van der Waals surface area (Å²) in [5.41, 5.74) is 0.156. The number of hydrogen-bond donors (Lipinski definition) is 0. The van der Waals surface area contributed by atoms with Gasteiger partial charge in [0.2, 0.25) is 5.15 Å². The van der Waals surface area contributed by atoms with Crippen molar-refractivity contribution < 1.29 is 9.66 Å². The molecule has 0 bridgehead atoms. The number of aromatic nitrogens is 1. The molecule has 0 aliphatic rings. The Labute approximate surface area is 91.5 Å². The minimum absolute atomic E-state index is 0.0634. The number of halogens is 1. The van der Waals surface area contributed by atoms with E-state index in [4.69, 9.17) is 16.3 Å². The van der Waals surface area contributed by atoms with Crippen molar-refractivity contribution in [2.75, 3.05) is 0 Å². The second kappa shape index (κ2) is 4.75. The number of rotatable bonds is 4. The molecule has 0 N–H and O–H groups in total. The number of hydrogen-bond acceptors (Lipinski definition) is 4. The SMILES string of the molecule is C=C(C)OCc1ccnc(Cl)c1[N+](=O)[O-]. The van der Waals surface area contributed by atoms with Crippen molar-refractivity contribution >= 4 is 17.3 Å². The molecule has 0 radical (unpaired) electrons. The van der Waals surface area contributed by atoms with Crippen LogP contribution in [-0.4, -0.2) is 9.91 Å². The van der Waals surface area contributed by atoms with E-state index >= 15 is 0 Å². The van der Waals surface area contributed by atoms with E-state index in [0.29, 0.717) is 11.3 Å². The van der Waals surface area contributed by atoms with E-state index in [1.165, 1.54) is 12.3 Å². The van der Waals surface area contributed by atoms with E-state index in [-0.39, 0.29) is 17.4 Å². The highest BCUT2D eigenvalue weighted by Crippen LogP contribution is 2.26. The Balaban J connectivity index is 3.01. The van der Waals surface area contributed by atoms with Gasteiger partial charge in [-0.05, 0) is 13.0 Å². The van der Waals surface area contributed by atoms with Crippen molar-refractivity contribution in [2.24, 2.45) is 0 Å². The Kier molecular flexibility index (Phi) is 3.62. The monoisotopic (exact) mass is 228 g/mol. The van der Waals surface area contributed by atoms with Crippen LogP contribution in [-0.2, 0) is 11.3 Å². The van der Waals surface area contributed by atoms with E-state index < -0.39 is 4.92 Å².